The van der Waals surface area contributed by atoms with Gasteiger partial charge in [-0.25, -0.2) is 14.4 Å². The van der Waals surface area contributed by atoms with Crippen molar-refractivity contribution in [3.05, 3.63) is 31.5 Å². The van der Waals surface area contributed by atoms with Crippen LogP contribution in [0.2, 0.25) is 0 Å². The molecule has 1 aromatic rings. The van der Waals surface area contributed by atoms with Crippen LogP contribution in [-0.2, 0) is 0 Å². The van der Waals surface area contributed by atoms with Crippen molar-refractivity contribution in [2.45, 2.75) is 0 Å². The van der Waals surface area contributed by atoms with Gasteiger partial charge in [-0.1, -0.05) is 0 Å². The van der Waals surface area contributed by atoms with Crippen LogP contribution in [0.5, 0.6) is 0 Å². The topological polar surface area (TPSA) is 66.0 Å². The largest absolute Gasteiger partial charge is 1.00 e. The minimum absolute atomic E-state index is 0. The molecule has 68 valence electrons. The Morgan fingerprint density at radius 1 is 0.769 bits per heavy atom. The Bertz CT molecular complexity index is 391. The molecule has 0 spiro atoms. The minimum Gasteiger partial charge on any atom is -1.00 e. The van der Waals surface area contributed by atoms with E-state index in [9.17, 15) is 14.4 Å². The summed E-state index contributed by atoms with van der Waals surface area (Å²) >= 11 is 8.00. The van der Waals surface area contributed by atoms with E-state index in [1.807, 2.05) is 0 Å². The Kier molecular flexibility index (Phi) is 6.17. The first-order chi connectivity index (χ1) is 5.46. The number of aromatic nitrogens is 3. The fraction of sp³-hybridized carbons (Fsp3) is 0. The van der Waals surface area contributed by atoms with Gasteiger partial charge in [-0.2, -0.15) is 10.8 Å². The molecule has 0 aliphatic rings. The summed E-state index contributed by atoms with van der Waals surface area (Å²) in [5.41, 5.74) is -2.41. The molecule has 0 aliphatic heterocycles. The van der Waals surface area contributed by atoms with E-state index in [1.165, 1.54) is 0 Å². The van der Waals surface area contributed by atoms with Gasteiger partial charge in [0.05, 0.1) is 48.4 Å². The molecule has 0 saturated carbocycles. The molecule has 10 heteroatoms. The van der Waals surface area contributed by atoms with Gasteiger partial charge in [-0.15, -0.1) is 0 Å². The third-order valence-corrected chi connectivity index (χ3v) is 2.83. The molecule has 0 unspecified atom stereocenters. The molecule has 0 aliphatic carbocycles. The van der Waals surface area contributed by atoms with Crippen LogP contribution in [0.15, 0.2) is 14.4 Å². The van der Waals surface area contributed by atoms with Crippen molar-refractivity contribution in [2.75, 3.05) is 0 Å². The quantitative estimate of drug-likeness (QED) is 0.426. The average Bonchev–Trinajstić information content (AvgIpc) is 2.08. The number of halogens is 3. The summed E-state index contributed by atoms with van der Waals surface area (Å²) in [7, 11) is 0. The Labute approximate surface area is 141 Å². The van der Waals surface area contributed by atoms with E-state index < -0.39 is 17.1 Å². The van der Waals surface area contributed by atoms with Crippen LogP contribution in [0.3, 0.4) is 0 Å². The summed E-state index contributed by atoms with van der Waals surface area (Å²) in [4.78, 5) is 32.9. The van der Waals surface area contributed by atoms with Gasteiger partial charge < -0.3 is 1.43 Å². The minimum atomic E-state index is -0.805. The fourth-order valence-corrected chi connectivity index (χ4v) is 2.07. The van der Waals surface area contributed by atoms with Crippen molar-refractivity contribution in [3.63, 3.8) is 0 Å². The fourth-order valence-electron chi connectivity index (χ4n) is 0.477. The van der Waals surface area contributed by atoms with Gasteiger partial charge in [0.1, 0.15) is 0 Å². The normalized spacial score (nSPS) is 9.46. The summed E-state index contributed by atoms with van der Waals surface area (Å²) in [5.74, 6) is 0. The second-order valence-electron chi connectivity index (χ2n) is 1.69. The zero-order valence-electron chi connectivity index (χ0n) is 7.20. The molecule has 0 bridgehead atoms. The number of hydrogen-bond donors (Lipinski definition) is 0. The molecule has 0 N–H and O–H groups in total. The van der Waals surface area contributed by atoms with Crippen molar-refractivity contribution in [2.24, 2.45) is 0 Å². The molecule has 13 heavy (non-hydrogen) atoms. The van der Waals surface area contributed by atoms with E-state index in [2.05, 4.69) is 48.4 Å². The molecule has 1 aromatic heterocycles. The maximum atomic E-state index is 11.0. The number of hydrogen-bond acceptors (Lipinski definition) is 3. The third-order valence-electron chi connectivity index (χ3n) is 1.01. The molecule has 1 heterocycles. The number of nitrogens with zero attached hydrogens (tertiary/aromatic N) is 3. The molecular weight excluding hydrogens is 405 g/mol. The molecule has 6 nitrogen and oxygen atoms in total. The van der Waals surface area contributed by atoms with E-state index >= 15 is 0 Å². The zero-order valence-corrected chi connectivity index (χ0v) is 14.1. The van der Waals surface area contributed by atoms with Crippen LogP contribution in [0.1, 0.15) is 1.43 Å². The average molecular weight is 406 g/mol. The van der Waals surface area contributed by atoms with Crippen LogP contribution >= 0.6 is 48.4 Å². The van der Waals surface area contributed by atoms with E-state index in [0.717, 1.165) is 0 Å². The van der Waals surface area contributed by atoms with Gasteiger partial charge in [-0.3, -0.25) is 0 Å². The molecule has 0 atom stereocenters. The van der Waals surface area contributed by atoms with Crippen molar-refractivity contribution >= 4 is 48.4 Å². The maximum absolute atomic E-state index is 11.0. The van der Waals surface area contributed by atoms with Crippen LogP contribution in [0.4, 0.5) is 0 Å². The Balaban J connectivity index is 0. The maximum Gasteiger partial charge on any atom is 1.00 e. The summed E-state index contributed by atoms with van der Waals surface area (Å²) < 4.78 is 1.79. The molecule has 0 radical (unpaired) electrons. The van der Waals surface area contributed by atoms with Crippen LogP contribution in [0, 0.1) is 0 Å². The first-order valence-electron chi connectivity index (χ1n) is 2.46. The molecule has 0 saturated heterocycles. The molecule has 0 amide bonds. The van der Waals surface area contributed by atoms with E-state index in [0.29, 0.717) is 10.8 Å². The van der Waals surface area contributed by atoms with Crippen LogP contribution < -0.4 is 68.5 Å². The second-order valence-corrected chi connectivity index (χ2v) is 3.82. The predicted octanol–water partition coefficient (Wildman–Crippen LogP) is -3.24. The Morgan fingerprint density at radius 2 is 0.923 bits per heavy atom. The van der Waals surface area contributed by atoms with Crippen molar-refractivity contribution < 1.29 is 52.8 Å². The van der Waals surface area contributed by atoms with Crippen molar-refractivity contribution in [1.82, 2.24) is 10.8 Å². The first-order valence-corrected chi connectivity index (χ1v) is 4.59. The summed E-state index contributed by atoms with van der Waals surface area (Å²) in [6, 6.07) is 0. The van der Waals surface area contributed by atoms with Crippen molar-refractivity contribution in [1.29, 1.82) is 0 Å². The molecule has 1 rings (SSSR count). The second kappa shape index (κ2) is 5.54. The first kappa shape index (κ1) is 14.5. The Morgan fingerprint density at radius 3 is 1.08 bits per heavy atom. The van der Waals surface area contributed by atoms with Gasteiger partial charge in [0.2, 0.25) is 0 Å². The molecule has 0 fully saturated rings. The summed E-state index contributed by atoms with van der Waals surface area (Å²) in [6.45, 7) is 0. The van der Waals surface area contributed by atoms with Crippen molar-refractivity contribution in [3.8, 4) is 0 Å². The number of rotatable bonds is 0. The predicted molar refractivity (Wildman–Crippen MR) is 53.3 cm³/mol. The van der Waals surface area contributed by atoms with E-state index in [4.69, 9.17) is 0 Å². The standard InChI is InChI=1S/C3Br3N3O3.K.H/c4-7-1(10)8(5)3(12)9(6)2(7)11;;/q;+1;-1. The SMILES string of the molecule is O=c1n(Br)c(=O)n(Br)c(=O)n1Br.[H-].[K+]. The van der Waals surface area contributed by atoms with E-state index in [-0.39, 0.29) is 52.8 Å². The summed E-state index contributed by atoms with van der Waals surface area (Å²) in [6.07, 6.45) is 0. The van der Waals surface area contributed by atoms with Crippen LogP contribution in [0.25, 0.3) is 0 Å². The van der Waals surface area contributed by atoms with Gasteiger partial charge in [0.25, 0.3) is 0 Å². The van der Waals surface area contributed by atoms with Gasteiger partial charge in [0.15, 0.2) is 0 Å². The van der Waals surface area contributed by atoms with Gasteiger partial charge in [0, 0.05) is 0 Å². The monoisotopic (exact) mass is 403 g/mol. The summed E-state index contributed by atoms with van der Waals surface area (Å²) in [5, 5.41) is 0. The zero-order chi connectivity index (χ0) is 9.46. The van der Waals surface area contributed by atoms with Gasteiger partial charge >= 0.3 is 68.5 Å². The Hall–Kier alpha value is 1.49. The van der Waals surface area contributed by atoms with Crippen LogP contribution in [-0.4, -0.2) is 10.8 Å². The smallest absolute Gasteiger partial charge is 1.00 e. The molecular formula is C3HBr3KN3O3. The van der Waals surface area contributed by atoms with Gasteiger partial charge in [-0.05, 0) is 0 Å². The molecule has 0 aromatic carbocycles. The third kappa shape index (κ3) is 2.74. The van der Waals surface area contributed by atoms with E-state index in [1.54, 1.807) is 0 Å².